The molecule has 0 unspecified atom stereocenters. The van der Waals surface area contributed by atoms with E-state index in [-0.39, 0.29) is 5.91 Å². The zero-order valence-electron chi connectivity index (χ0n) is 10.8. The van der Waals surface area contributed by atoms with Crippen molar-refractivity contribution >= 4 is 22.9 Å². The maximum absolute atomic E-state index is 11.3. The van der Waals surface area contributed by atoms with Crippen LogP contribution >= 0.6 is 0 Å². The molecule has 1 amide bonds. The maximum atomic E-state index is 11.3. The van der Waals surface area contributed by atoms with E-state index < -0.39 is 0 Å². The van der Waals surface area contributed by atoms with Gasteiger partial charge in [-0.25, -0.2) is 15.0 Å². The lowest BCUT2D eigenvalue weighted by Crippen LogP contribution is -2.25. The van der Waals surface area contributed by atoms with Gasteiger partial charge in [0.05, 0.1) is 6.33 Å². The Morgan fingerprint density at radius 3 is 3.00 bits per heavy atom. The molecule has 3 N–H and O–H groups in total. The van der Waals surface area contributed by atoms with Crippen molar-refractivity contribution in [3.8, 4) is 0 Å². The largest absolute Gasteiger partial charge is 0.382 e. The third-order valence-corrected chi connectivity index (χ3v) is 2.68. The second-order valence-corrected chi connectivity index (χ2v) is 4.26. The Hall–Kier alpha value is -2.44. The first-order valence-electron chi connectivity index (χ1n) is 5.94. The molecule has 2 aromatic rings. The van der Waals surface area contributed by atoms with E-state index in [0.717, 1.165) is 6.42 Å². The van der Waals surface area contributed by atoms with E-state index >= 15 is 0 Å². The van der Waals surface area contributed by atoms with E-state index in [1.54, 1.807) is 13.3 Å². The number of hydrogen-bond donors (Lipinski definition) is 2. The van der Waals surface area contributed by atoms with Crippen molar-refractivity contribution in [2.24, 2.45) is 0 Å². The summed E-state index contributed by atoms with van der Waals surface area (Å²) in [7, 11) is 0. The summed E-state index contributed by atoms with van der Waals surface area (Å²) in [5, 5.41) is 2.77. The Morgan fingerprint density at radius 2 is 2.26 bits per heavy atom. The van der Waals surface area contributed by atoms with Crippen molar-refractivity contribution in [2.75, 3.05) is 12.3 Å². The molecule has 0 saturated heterocycles. The minimum absolute atomic E-state index is 0.123. The molecule has 0 bridgehead atoms. The quantitative estimate of drug-likeness (QED) is 0.602. The monoisotopic (exact) mass is 260 g/mol. The van der Waals surface area contributed by atoms with Crippen LogP contribution in [0.3, 0.4) is 0 Å². The van der Waals surface area contributed by atoms with Crippen molar-refractivity contribution in [2.45, 2.75) is 19.9 Å². The summed E-state index contributed by atoms with van der Waals surface area (Å²) >= 11 is 0. The molecule has 0 aromatic carbocycles. The zero-order chi connectivity index (χ0) is 13.8. The van der Waals surface area contributed by atoms with Gasteiger partial charge in [-0.1, -0.05) is 6.58 Å². The van der Waals surface area contributed by atoms with Gasteiger partial charge >= 0.3 is 0 Å². The van der Waals surface area contributed by atoms with Crippen molar-refractivity contribution in [1.29, 1.82) is 0 Å². The van der Waals surface area contributed by atoms with E-state index in [1.165, 1.54) is 6.33 Å². The first-order chi connectivity index (χ1) is 9.09. The second kappa shape index (κ2) is 5.47. The number of anilines is 1. The highest BCUT2D eigenvalue weighted by atomic mass is 16.1. The fraction of sp³-hybridized carbons (Fsp3) is 0.333. The molecular weight excluding hydrogens is 244 g/mol. The smallest absolute Gasteiger partial charge is 0.246 e. The zero-order valence-corrected chi connectivity index (χ0v) is 10.8. The number of aromatic nitrogens is 4. The molecular formula is C12H16N6O. The van der Waals surface area contributed by atoms with Gasteiger partial charge in [0, 0.05) is 18.7 Å². The van der Waals surface area contributed by atoms with Gasteiger partial charge < -0.3 is 15.6 Å². The number of carbonyl (C=O) groups is 1. The number of rotatable bonds is 5. The lowest BCUT2D eigenvalue weighted by Gasteiger charge is -2.05. The number of nitrogens with two attached hydrogens (primary N) is 1. The van der Waals surface area contributed by atoms with Crippen LogP contribution in [0.5, 0.6) is 0 Å². The van der Waals surface area contributed by atoms with Crippen LogP contribution in [0.4, 0.5) is 5.82 Å². The lowest BCUT2D eigenvalue weighted by molar-refractivity contribution is -0.117. The summed E-state index contributed by atoms with van der Waals surface area (Å²) < 4.78 is 1.89. The van der Waals surface area contributed by atoms with Crippen LogP contribution in [0.15, 0.2) is 24.8 Å². The third kappa shape index (κ3) is 2.87. The highest BCUT2D eigenvalue weighted by Gasteiger charge is 2.07. The van der Waals surface area contributed by atoms with Crippen molar-refractivity contribution in [3.05, 3.63) is 24.8 Å². The number of hydrogen-bond acceptors (Lipinski definition) is 5. The number of amides is 1. The highest BCUT2D eigenvalue weighted by molar-refractivity contribution is 5.92. The fourth-order valence-corrected chi connectivity index (χ4v) is 1.66. The van der Waals surface area contributed by atoms with Crippen molar-refractivity contribution < 1.29 is 4.79 Å². The first-order valence-corrected chi connectivity index (χ1v) is 5.94. The third-order valence-electron chi connectivity index (χ3n) is 2.68. The Bertz CT molecular complexity index is 618. The van der Waals surface area contributed by atoms with Crippen LogP contribution in [0.1, 0.15) is 13.3 Å². The van der Waals surface area contributed by atoms with E-state index in [9.17, 15) is 4.79 Å². The Labute approximate surface area is 110 Å². The number of aryl methyl sites for hydroxylation is 1. The van der Waals surface area contributed by atoms with Gasteiger partial charge in [-0.05, 0) is 13.3 Å². The minimum atomic E-state index is -0.123. The van der Waals surface area contributed by atoms with Gasteiger partial charge in [0.25, 0.3) is 0 Å². The summed E-state index contributed by atoms with van der Waals surface area (Å²) in [6, 6.07) is 0. The molecule has 0 saturated carbocycles. The Morgan fingerprint density at radius 1 is 1.47 bits per heavy atom. The Kier molecular flexibility index (Phi) is 3.74. The molecule has 2 heterocycles. The molecule has 0 atom stereocenters. The van der Waals surface area contributed by atoms with Crippen LogP contribution in [0.25, 0.3) is 11.2 Å². The molecule has 0 fully saturated rings. The van der Waals surface area contributed by atoms with Crippen LogP contribution in [-0.4, -0.2) is 32.0 Å². The topological polar surface area (TPSA) is 98.7 Å². The number of carbonyl (C=O) groups excluding carboxylic acids is 1. The van der Waals surface area contributed by atoms with Crippen LogP contribution in [-0.2, 0) is 11.3 Å². The highest BCUT2D eigenvalue weighted by Crippen LogP contribution is 2.14. The molecule has 2 rings (SSSR count). The van der Waals surface area contributed by atoms with E-state index in [2.05, 4.69) is 26.8 Å². The number of nitrogen functional groups attached to an aromatic ring is 1. The van der Waals surface area contributed by atoms with Crippen molar-refractivity contribution in [1.82, 2.24) is 24.8 Å². The summed E-state index contributed by atoms with van der Waals surface area (Å²) in [5.41, 5.74) is 7.52. The van der Waals surface area contributed by atoms with Crippen molar-refractivity contribution in [3.63, 3.8) is 0 Å². The van der Waals surface area contributed by atoms with Gasteiger partial charge in [-0.2, -0.15) is 0 Å². The molecule has 19 heavy (non-hydrogen) atoms. The van der Waals surface area contributed by atoms with Gasteiger partial charge in [-0.15, -0.1) is 0 Å². The molecule has 100 valence electrons. The molecule has 2 aromatic heterocycles. The molecule has 0 spiro atoms. The van der Waals surface area contributed by atoms with E-state index in [0.29, 0.717) is 35.6 Å². The Balaban J connectivity index is 1.94. The van der Waals surface area contributed by atoms with Gasteiger partial charge in [0.15, 0.2) is 11.5 Å². The molecule has 0 aliphatic heterocycles. The number of imidazole rings is 1. The van der Waals surface area contributed by atoms with Crippen LogP contribution in [0, 0.1) is 0 Å². The van der Waals surface area contributed by atoms with Crippen LogP contribution < -0.4 is 11.1 Å². The van der Waals surface area contributed by atoms with E-state index in [4.69, 9.17) is 5.73 Å². The molecule has 0 radical (unpaired) electrons. The minimum Gasteiger partial charge on any atom is -0.382 e. The molecule has 7 heteroatoms. The SMILES string of the molecule is C=C(C)C(=O)NCCCn1cnc2c(N)ncnc21. The standard InChI is InChI=1S/C12H16N6O/c1-8(2)12(19)14-4-3-5-18-7-17-9-10(13)15-6-16-11(9)18/h6-7H,1,3-5H2,2H3,(H,14,19)(H2,13,15,16). The summed E-state index contributed by atoms with van der Waals surface area (Å²) in [6.45, 7) is 6.53. The average molecular weight is 260 g/mol. The van der Waals surface area contributed by atoms with Gasteiger partial charge in [0.2, 0.25) is 5.91 Å². The number of fused-ring (bicyclic) bond motifs is 1. The lowest BCUT2D eigenvalue weighted by atomic mass is 10.3. The van der Waals surface area contributed by atoms with Gasteiger partial charge in [0.1, 0.15) is 11.8 Å². The van der Waals surface area contributed by atoms with Crippen LogP contribution in [0.2, 0.25) is 0 Å². The number of nitrogens with one attached hydrogen (secondary N) is 1. The average Bonchev–Trinajstić information content (AvgIpc) is 2.79. The fourth-order valence-electron chi connectivity index (χ4n) is 1.66. The predicted molar refractivity (Wildman–Crippen MR) is 72.2 cm³/mol. The van der Waals surface area contributed by atoms with E-state index in [1.807, 2.05) is 4.57 Å². The maximum Gasteiger partial charge on any atom is 0.246 e. The normalized spacial score (nSPS) is 10.6. The second-order valence-electron chi connectivity index (χ2n) is 4.26. The van der Waals surface area contributed by atoms with Gasteiger partial charge in [-0.3, -0.25) is 4.79 Å². The molecule has 0 aliphatic carbocycles. The molecule has 0 aliphatic rings. The number of nitrogens with zero attached hydrogens (tertiary/aromatic N) is 4. The molecule has 7 nitrogen and oxygen atoms in total. The predicted octanol–water partition coefficient (Wildman–Crippen LogP) is 0.491. The summed E-state index contributed by atoms with van der Waals surface area (Å²) in [4.78, 5) is 23.5. The summed E-state index contributed by atoms with van der Waals surface area (Å²) in [5.74, 6) is 0.251. The first kappa shape index (κ1) is 13.0. The summed E-state index contributed by atoms with van der Waals surface area (Å²) in [6.07, 6.45) is 3.86.